The number of nitrogens with zero attached hydrogens (tertiary/aromatic N) is 4. The molecule has 1 unspecified atom stereocenters. The van der Waals surface area contributed by atoms with E-state index in [2.05, 4.69) is 48.1 Å². The topological polar surface area (TPSA) is 68.8 Å². The molecular weight excluding hydrogens is 290 g/mol. The number of fused-ring (bicyclic) bond motifs is 1. The molecule has 6 nitrogen and oxygen atoms in total. The molecule has 2 heterocycles. The standard InChI is InChI=1S/C17H23N5O/c1-11(16-18-10-19-22(16)5)20-12-6-7-14-13(8-12)21-15(23-14)9-17(2,3)4/h6-8,10-11,20H,9H2,1-5H3. The first-order valence-electron chi connectivity index (χ1n) is 7.82. The van der Waals surface area contributed by atoms with Gasteiger partial charge >= 0.3 is 0 Å². The van der Waals surface area contributed by atoms with Crippen LogP contribution in [0.25, 0.3) is 11.1 Å². The van der Waals surface area contributed by atoms with Gasteiger partial charge in [0, 0.05) is 19.2 Å². The number of nitrogens with one attached hydrogen (secondary N) is 1. The van der Waals surface area contributed by atoms with E-state index in [0.717, 1.165) is 34.9 Å². The lowest BCUT2D eigenvalue weighted by atomic mass is 9.92. The van der Waals surface area contributed by atoms with Gasteiger partial charge in [-0.1, -0.05) is 20.8 Å². The molecule has 0 amide bonds. The fourth-order valence-electron chi connectivity index (χ4n) is 2.61. The Bertz CT molecular complexity index is 812. The molecule has 3 rings (SSSR count). The van der Waals surface area contributed by atoms with Gasteiger partial charge in [0.05, 0.1) is 6.04 Å². The third kappa shape index (κ3) is 3.52. The van der Waals surface area contributed by atoms with E-state index in [1.54, 1.807) is 11.0 Å². The summed E-state index contributed by atoms with van der Waals surface area (Å²) in [6.07, 6.45) is 2.38. The number of rotatable bonds is 4. The molecule has 0 spiro atoms. The van der Waals surface area contributed by atoms with Crippen LogP contribution in [0.1, 0.15) is 45.5 Å². The number of aryl methyl sites for hydroxylation is 1. The summed E-state index contributed by atoms with van der Waals surface area (Å²) in [4.78, 5) is 8.88. The Morgan fingerprint density at radius 3 is 2.74 bits per heavy atom. The van der Waals surface area contributed by atoms with Crippen LogP contribution in [0.3, 0.4) is 0 Å². The van der Waals surface area contributed by atoms with Gasteiger partial charge in [0.25, 0.3) is 0 Å². The van der Waals surface area contributed by atoms with Gasteiger partial charge in [-0.25, -0.2) is 9.97 Å². The summed E-state index contributed by atoms with van der Waals surface area (Å²) in [6.45, 7) is 8.59. The minimum absolute atomic E-state index is 0.0564. The van der Waals surface area contributed by atoms with Crippen molar-refractivity contribution in [2.75, 3.05) is 5.32 Å². The summed E-state index contributed by atoms with van der Waals surface area (Å²) in [7, 11) is 1.89. The molecule has 1 aromatic carbocycles. The highest BCUT2D eigenvalue weighted by atomic mass is 16.3. The van der Waals surface area contributed by atoms with E-state index in [9.17, 15) is 0 Å². The van der Waals surface area contributed by atoms with Crippen LogP contribution in [0.5, 0.6) is 0 Å². The van der Waals surface area contributed by atoms with Gasteiger partial charge in [0.15, 0.2) is 11.5 Å². The van der Waals surface area contributed by atoms with E-state index in [1.165, 1.54) is 0 Å². The third-order valence-electron chi connectivity index (χ3n) is 3.63. The normalized spacial score (nSPS) is 13.4. The Balaban J connectivity index is 1.81. The Kier molecular flexibility index (Phi) is 3.83. The smallest absolute Gasteiger partial charge is 0.195 e. The van der Waals surface area contributed by atoms with Crippen molar-refractivity contribution in [3.05, 3.63) is 36.2 Å². The summed E-state index contributed by atoms with van der Waals surface area (Å²) < 4.78 is 7.60. The zero-order chi connectivity index (χ0) is 16.6. The first-order chi connectivity index (χ1) is 10.8. The molecule has 3 aromatic rings. The van der Waals surface area contributed by atoms with E-state index < -0.39 is 0 Å². The zero-order valence-electron chi connectivity index (χ0n) is 14.3. The van der Waals surface area contributed by atoms with Gasteiger partial charge in [-0.3, -0.25) is 4.68 Å². The van der Waals surface area contributed by atoms with Crippen molar-refractivity contribution in [1.82, 2.24) is 19.7 Å². The second kappa shape index (κ2) is 5.68. The Hall–Kier alpha value is -2.37. The first kappa shape index (κ1) is 15.5. The van der Waals surface area contributed by atoms with Crippen molar-refractivity contribution >= 4 is 16.8 Å². The van der Waals surface area contributed by atoms with E-state index >= 15 is 0 Å². The molecule has 0 saturated carbocycles. The van der Waals surface area contributed by atoms with Crippen molar-refractivity contribution in [3.8, 4) is 0 Å². The Morgan fingerprint density at radius 1 is 1.30 bits per heavy atom. The molecule has 2 aromatic heterocycles. The maximum Gasteiger partial charge on any atom is 0.195 e. The fraction of sp³-hybridized carbons (Fsp3) is 0.471. The SMILES string of the molecule is CC(Nc1ccc2oc(CC(C)(C)C)nc2c1)c1ncnn1C. The summed E-state index contributed by atoms with van der Waals surface area (Å²) in [6, 6.07) is 6.03. The molecule has 0 aliphatic rings. The minimum atomic E-state index is 0.0564. The van der Waals surface area contributed by atoms with Crippen molar-refractivity contribution in [2.24, 2.45) is 12.5 Å². The van der Waals surface area contributed by atoms with Gasteiger partial charge in [-0.15, -0.1) is 0 Å². The largest absolute Gasteiger partial charge is 0.441 e. The molecule has 1 N–H and O–H groups in total. The highest BCUT2D eigenvalue weighted by Gasteiger charge is 2.17. The third-order valence-corrected chi connectivity index (χ3v) is 3.63. The van der Waals surface area contributed by atoms with Crippen LogP contribution >= 0.6 is 0 Å². The van der Waals surface area contributed by atoms with Crippen molar-refractivity contribution in [1.29, 1.82) is 0 Å². The number of oxazole rings is 1. The van der Waals surface area contributed by atoms with Gasteiger partial charge in [0.2, 0.25) is 0 Å². The molecule has 0 saturated heterocycles. The number of anilines is 1. The van der Waals surface area contributed by atoms with E-state index in [1.807, 2.05) is 25.2 Å². The molecule has 23 heavy (non-hydrogen) atoms. The molecule has 0 radical (unpaired) electrons. The highest BCUT2D eigenvalue weighted by molar-refractivity contribution is 5.77. The maximum absolute atomic E-state index is 5.83. The van der Waals surface area contributed by atoms with Crippen LogP contribution in [-0.2, 0) is 13.5 Å². The van der Waals surface area contributed by atoms with Crippen molar-refractivity contribution < 1.29 is 4.42 Å². The average molecular weight is 313 g/mol. The predicted octanol–water partition coefficient (Wildman–Crippen LogP) is 3.72. The quantitative estimate of drug-likeness (QED) is 0.795. The van der Waals surface area contributed by atoms with Gasteiger partial charge in [0.1, 0.15) is 17.7 Å². The zero-order valence-corrected chi connectivity index (χ0v) is 14.3. The first-order valence-corrected chi connectivity index (χ1v) is 7.82. The molecule has 0 fully saturated rings. The average Bonchev–Trinajstić information content (AvgIpc) is 3.01. The van der Waals surface area contributed by atoms with Gasteiger partial charge in [-0.2, -0.15) is 5.10 Å². The number of aromatic nitrogens is 4. The molecular formula is C17H23N5O. The van der Waals surface area contributed by atoms with Gasteiger partial charge < -0.3 is 9.73 Å². The lowest BCUT2D eigenvalue weighted by Crippen LogP contribution is -2.12. The number of benzene rings is 1. The molecule has 0 aliphatic carbocycles. The van der Waals surface area contributed by atoms with Crippen molar-refractivity contribution in [2.45, 2.75) is 40.2 Å². The highest BCUT2D eigenvalue weighted by Crippen LogP contribution is 2.26. The van der Waals surface area contributed by atoms with Crippen LogP contribution < -0.4 is 5.32 Å². The maximum atomic E-state index is 5.83. The minimum Gasteiger partial charge on any atom is -0.441 e. The van der Waals surface area contributed by atoms with E-state index in [0.29, 0.717) is 0 Å². The summed E-state index contributed by atoms with van der Waals surface area (Å²) >= 11 is 0. The second-order valence-corrected chi connectivity index (χ2v) is 7.14. The molecule has 0 aliphatic heterocycles. The lowest BCUT2D eigenvalue weighted by Gasteiger charge is -2.14. The second-order valence-electron chi connectivity index (χ2n) is 7.14. The lowest BCUT2D eigenvalue weighted by molar-refractivity contribution is 0.362. The fourth-order valence-corrected chi connectivity index (χ4v) is 2.61. The molecule has 1 atom stereocenters. The molecule has 122 valence electrons. The summed E-state index contributed by atoms with van der Waals surface area (Å²) in [5.41, 5.74) is 2.84. The van der Waals surface area contributed by atoms with Crippen LogP contribution in [-0.4, -0.2) is 19.7 Å². The van der Waals surface area contributed by atoms with Gasteiger partial charge in [-0.05, 0) is 30.5 Å². The van der Waals surface area contributed by atoms with Crippen LogP contribution in [0, 0.1) is 5.41 Å². The van der Waals surface area contributed by atoms with Crippen LogP contribution in [0.2, 0.25) is 0 Å². The van der Waals surface area contributed by atoms with E-state index in [4.69, 9.17) is 4.42 Å². The Morgan fingerprint density at radius 2 is 2.09 bits per heavy atom. The van der Waals surface area contributed by atoms with Crippen LogP contribution in [0.15, 0.2) is 28.9 Å². The monoisotopic (exact) mass is 313 g/mol. The number of hydrogen-bond acceptors (Lipinski definition) is 5. The van der Waals surface area contributed by atoms with Crippen molar-refractivity contribution in [3.63, 3.8) is 0 Å². The Labute approximate surface area is 135 Å². The molecule has 0 bridgehead atoms. The number of hydrogen-bond donors (Lipinski definition) is 1. The summed E-state index contributed by atoms with van der Waals surface area (Å²) in [5.74, 6) is 1.67. The molecule has 6 heteroatoms. The predicted molar refractivity (Wildman–Crippen MR) is 90.2 cm³/mol. The van der Waals surface area contributed by atoms with Crippen LogP contribution in [0.4, 0.5) is 5.69 Å². The summed E-state index contributed by atoms with van der Waals surface area (Å²) in [5, 5.41) is 7.53. The van der Waals surface area contributed by atoms with E-state index in [-0.39, 0.29) is 11.5 Å².